The predicted molar refractivity (Wildman–Crippen MR) is 147 cm³/mol. The molecule has 3 atom stereocenters. The summed E-state index contributed by atoms with van der Waals surface area (Å²) in [6, 6.07) is 7.64. The van der Waals surface area contributed by atoms with Gasteiger partial charge in [-0.25, -0.2) is 27.2 Å². The molecule has 5 rings (SSSR count). The molecule has 1 aromatic carbocycles. The van der Waals surface area contributed by atoms with E-state index in [-0.39, 0.29) is 58.3 Å². The normalized spacial score (nSPS) is 22.1. The zero-order valence-electron chi connectivity index (χ0n) is 22.2. The van der Waals surface area contributed by atoms with Gasteiger partial charge in [-0.05, 0) is 25.5 Å². The Kier molecular flexibility index (Phi) is 7.85. The van der Waals surface area contributed by atoms with Crippen LogP contribution < -0.4 is 11.1 Å². The number of nitrogen functional groups attached to an aromatic ring is 1. The van der Waals surface area contributed by atoms with Gasteiger partial charge in [-0.2, -0.15) is 0 Å². The fourth-order valence-electron chi connectivity index (χ4n) is 4.69. The molecule has 0 amide bonds. The van der Waals surface area contributed by atoms with Gasteiger partial charge < -0.3 is 20.3 Å². The van der Waals surface area contributed by atoms with Gasteiger partial charge in [0.15, 0.2) is 27.1 Å². The van der Waals surface area contributed by atoms with Crippen LogP contribution in [0.15, 0.2) is 63.9 Å². The van der Waals surface area contributed by atoms with Crippen LogP contribution in [-0.2, 0) is 14.6 Å². The Balaban J connectivity index is 1.35. The van der Waals surface area contributed by atoms with Gasteiger partial charge in [-0.15, -0.1) is 0 Å². The first kappa shape index (κ1) is 28.1. The highest BCUT2D eigenvalue weighted by Gasteiger charge is 2.32. The number of sulfone groups is 1. The molecule has 9 nitrogen and oxygen atoms in total. The van der Waals surface area contributed by atoms with Crippen LogP contribution in [0.3, 0.4) is 0 Å². The molecule has 0 saturated carbocycles. The van der Waals surface area contributed by atoms with Crippen molar-refractivity contribution in [3.8, 4) is 22.7 Å². The van der Waals surface area contributed by atoms with Crippen LogP contribution in [0.5, 0.6) is 0 Å². The molecule has 0 spiro atoms. The number of nitrogens with two attached hydrogens (primary N) is 1. The molecule has 1 fully saturated rings. The van der Waals surface area contributed by atoms with E-state index in [0.29, 0.717) is 30.8 Å². The molecule has 1 aliphatic heterocycles. The van der Waals surface area contributed by atoms with Crippen molar-refractivity contribution < 1.29 is 26.5 Å². The highest BCUT2D eigenvalue weighted by Crippen LogP contribution is 2.39. The lowest BCUT2D eigenvalue weighted by molar-refractivity contribution is 0.198. The number of anilines is 1. The van der Waals surface area contributed by atoms with E-state index in [2.05, 4.69) is 20.4 Å². The van der Waals surface area contributed by atoms with Gasteiger partial charge >= 0.3 is 0 Å². The molecule has 0 bridgehead atoms. The molecule has 12 heteroatoms. The Morgan fingerprint density at radius 2 is 2.02 bits per heavy atom. The third kappa shape index (κ3) is 5.70. The summed E-state index contributed by atoms with van der Waals surface area (Å²) in [5.74, 6) is -0.0459. The fraction of sp³-hybridized carbons (Fsp3) is 0.393. The maximum Gasteiger partial charge on any atom is 0.189 e. The second kappa shape index (κ2) is 11.2. The summed E-state index contributed by atoms with van der Waals surface area (Å²) < 4.78 is 64.4. The van der Waals surface area contributed by atoms with Crippen LogP contribution in [0.1, 0.15) is 32.4 Å². The Labute approximate surface area is 231 Å². The largest absolute Gasteiger partial charge is 0.382 e. The molecule has 3 heterocycles. The van der Waals surface area contributed by atoms with Crippen molar-refractivity contribution in [3.05, 3.63) is 60.2 Å². The van der Waals surface area contributed by atoms with Crippen molar-refractivity contribution in [3.63, 3.8) is 0 Å². The molecule has 1 aliphatic carbocycles. The molecule has 2 aliphatic rings. The molecule has 2 aromatic heterocycles. The number of hydrogen-bond donors (Lipinski definition) is 2. The van der Waals surface area contributed by atoms with Gasteiger partial charge in [0, 0.05) is 48.2 Å². The maximum atomic E-state index is 15.2. The van der Waals surface area contributed by atoms with Gasteiger partial charge in [0.2, 0.25) is 0 Å². The number of nitrogens with zero attached hydrogens (tertiary/aromatic N) is 3. The van der Waals surface area contributed by atoms with Gasteiger partial charge in [0.1, 0.15) is 18.2 Å². The smallest absolute Gasteiger partial charge is 0.189 e. The van der Waals surface area contributed by atoms with Crippen molar-refractivity contribution >= 4 is 21.2 Å². The van der Waals surface area contributed by atoms with Gasteiger partial charge in [0.05, 0.1) is 28.6 Å². The number of hydrogen-bond acceptors (Lipinski definition) is 9. The van der Waals surface area contributed by atoms with Crippen LogP contribution in [0.2, 0.25) is 0 Å². The van der Waals surface area contributed by atoms with E-state index in [4.69, 9.17) is 15.0 Å². The average Bonchev–Trinajstić information content (AvgIpc) is 3.66. The van der Waals surface area contributed by atoms with E-state index in [0.717, 1.165) is 0 Å². The van der Waals surface area contributed by atoms with Crippen molar-refractivity contribution in [1.82, 2.24) is 20.4 Å². The molecule has 3 unspecified atom stereocenters. The lowest BCUT2D eigenvalue weighted by Crippen LogP contribution is -2.37. The highest BCUT2D eigenvalue weighted by molar-refractivity contribution is 7.92. The van der Waals surface area contributed by atoms with E-state index in [1.165, 1.54) is 6.20 Å². The van der Waals surface area contributed by atoms with Gasteiger partial charge in [-0.3, -0.25) is 0 Å². The second-order valence-corrected chi connectivity index (χ2v) is 12.8. The Morgan fingerprint density at radius 3 is 2.70 bits per heavy atom. The van der Waals surface area contributed by atoms with Gasteiger partial charge in [-0.1, -0.05) is 36.4 Å². The van der Waals surface area contributed by atoms with E-state index < -0.39 is 27.2 Å². The molecule has 212 valence electrons. The maximum absolute atomic E-state index is 15.2. The quantitative estimate of drug-likeness (QED) is 0.380. The van der Waals surface area contributed by atoms with E-state index in [1.54, 1.807) is 43.3 Å². The zero-order valence-corrected chi connectivity index (χ0v) is 23.0. The highest BCUT2D eigenvalue weighted by atomic mass is 32.2. The fourth-order valence-corrected chi connectivity index (χ4v) is 6.27. The van der Waals surface area contributed by atoms with Crippen LogP contribution in [0, 0.1) is 5.41 Å². The van der Waals surface area contributed by atoms with Crippen molar-refractivity contribution in [1.29, 1.82) is 0 Å². The molecule has 40 heavy (non-hydrogen) atoms. The van der Waals surface area contributed by atoms with Crippen LogP contribution in [-0.4, -0.2) is 61.3 Å². The molecule has 1 saturated heterocycles. The summed E-state index contributed by atoms with van der Waals surface area (Å²) in [6.07, 6.45) is 5.62. The SMILES string of the molecule is CC(CF)NCC1(C)C=CC(c2cc(-c3nc(-c4ccc(S(=O)(=O)C5CCOC5)cc4)cnc3N)on2)=C(F)C1. The lowest BCUT2D eigenvalue weighted by atomic mass is 9.80. The monoisotopic (exact) mass is 571 g/mol. The minimum atomic E-state index is -3.49. The Hall–Kier alpha value is -3.48. The predicted octanol–water partition coefficient (Wildman–Crippen LogP) is 4.54. The Morgan fingerprint density at radius 1 is 1.25 bits per heavy atom. The number of rotatable bonds is 9. The number of aromatic nitrogens is 3. The zero-order chi connectivity index (χ0) is 28.5. The summed E-state index contributed by atoms with van der Waals surface area (Å²) in [5.41, 5.74) is 7.46. The van der Waals surface area contributed by atoms with E-state index in [9.17, 15) is 12.8 Å². The number of nitrogens with one attached hydrogen (secondary N) is 1. The third-order valence-electron chi connectivity index (χ3n) is 7.22. The summed E-state index contributed by atoms with van der Waals surface area (Å²) >= 11 is 0. The van der Waals surface area contributed by atoms with Crippen molar-refractivity contribution in [2.24, 2.45) is 5.41 Å². The average molecular weight is 572 g/mol. The van der Waals surface area contributed by atoms with Crippen LogP contribution in [0.4, 0.5) is 14.6 Å². The number of alkyl halides is 1. The van der Waals surface area contributed by atoms with Crippen LogP contribution >= 0.6 is 0 Å². The molecular formula is C28H31F2N5O4S. The molecule has 3 N–H and O–H groups in total. The Bertz CT molecular complexity index is 1550. The number of ether oxygens (including phenoxy) is 1. The molecular weight excluding hydrogens is 540 g/mol. The number of halogens is 2. The first-order chi connectivity index (χ1) is 19.1. The number of allylic oxidation sites excluding steroid dienone is 3. The summed E-state index contributed by atoms with van der Waals surface area (Å²) in [4.78, 5) is 9.01. The minimum absolute atomic E-state index is 0.0983. The first-order valence-electron chi connectivity index (χ1n) is 13.0. The lowest BCUT2D eigenvalue weighted by Gasteiger charge is -2.30. The molecule has 0 radical (unpaired) electrons. The van der Waals surface area contributed by atoms with E-state index in [1.807, 2.05) is 13.0 Å². The molecule has 3 aromatic rings. The van der Waals surface area contributed by atoms with Crippen molar-refractivity contribution in [2.75, 3.05) is 32.2 Å². The van der Waals surface area contributed by atoms with Gasteiger partial charge in [0.25, 0.3) is 0 Å². The topological polar surface area (TPSA) is 133 Å². The van der Waals surface area contributed by atoms with E-state index >= 15 is 4.39 Å². The second-order valence-electron chi connectivity index (χ2n) is 10.5. The van der Waals surface area contributed by atoms with Crippen molar-refractivity contribution in [2.45, 2.75) is 42.9 Å². The first-order valence-corrected chi connectivity index (χ1v) is 14.5. The summed E-state index contributed by atoms with van der Waals surface area (Å²) in [5, 5.41) is 6.56. The minimum Gasteiger partial charge on any atom is -0.382 e. The van der Waals surface area contributed by atoms with Crippen LogP contribution in [0.25, 0.3) is 28.3 Å². The summed E-state index contributed by atoms with van der Waals surface area (Å²) in [7, 11) is -3.49. The summed E-state index contributed by atoms with van der Waals surface area (Å²) in [6.45, 7) is 4.21. The standard InChI is InChI=1S/C28H31F2N5O4S/c1-17(13-29)33-16-28(2)9-7-21(22(30)12-28)23-11-25(39-35-23)26-27(31)32-14-24(34-26)18-3-5-19(6-4-18)40(36,37)20-8-10-38-15-20/h3-7,9,11,14,17,20,33H,8,10,12-13,15-16H2,1-2H3,(H2,31,32). The third-order valence-corrected chi connectivity index (χ3v) is 9.39. The number of benzene rings is 1.